The number of allylic oxidation sites excluding steroid dienone is 8. The molecule has 6 atom stereocenters. The number of hydrogen-bond donors (Lipinski definition) is 0. The fraction of sp³-hybridized carbons (Fsp3) is 0.421. The van der Waals surface area contributed by atoms with E-state index < -0.39 is 0 Å². The molecule has 1 saturated heterocycles. The van der Waals surface area contributed by atoms with Crippen LogP contribution in [0.4, 0.5) is 4.79 Å². The van der Waals surface area contributed by atoms with Crippen LogP contribution in [0.1, 0.15) is 6.92 Å². The average molecular weight is 295 g/mol. The second-order valence-corrected chi connectivity index (χ2v) is 6.32. The zero-order valence-corrected chi connectivity index (χ0v) is 12.7. The van der Waals surface area contributed by atoms with Gasteiger partial charge in [0.25, 0.3) is 0 Å². The monoisotopic (exact) mass is 295 g/mol. The molecule has 1 heterocycles. The minimum absolute atomic E-state index is 0.184. The zero-order chi connectivity index (χ0) is 15.1. The molecule has 0 radical (unpaired) electrons. The molecule has 0 aromatic carbocycles. The summed E-state index contributed by atoms with van der Waals surface area (Å²) in [6, 6.07) is 0.367. The van der Waals surface area contributed by atoms with Crippen LogP contribution in [0, 0.1) is 23.7 Å². The molecule has 3 aliphatic carbocycles. The quantitative estimate of drug-likeness (QED) is 0.547. The number of carbonyl (C=O) groups is 1. The maximum Gasteiger partial charge on any atom is 0.410 e. The molecule has 1 aliphatic heterocycles. The molecule has 22 heavy (non-hydrogen) atoms. The van der Waals surface area contributed by atoms with Crippen LogP contribution in [0.3, 0.4) is 0 Å². The van der Waals surface area contributed by atoms with Gasteiger partial charge in [0.15, 0.2) is 0 Å². The van der Waals surface area contributed by atoms with Gasteiger partial charge in [0, 0.05) is 0 Å². The lowest BCUT2D eigenvalue weighted by atomic mass is 9.55. The molecule has 3 heteroatoms. The normalized spacial score (nSPS) is 47.6. The summed E-state index contributed by atoms with van der Waals surface area (Å²) in [6.07, 6.45) is 21.9. The number of fused-ring (bicyclic) bond motifs is 5. The number of ether oxygens (including phenoxy) is 1. The van der Waals surface area contributed by atoms with Crippen molar-refractivity contribution in [3.63, 3.8) is 0 Å². The molecule has 4 rings (SSSR count). The maximum atomic E-state index is 11.9. The summed E-state index contributed by atoms with van der Waals surface area (Å²) in [6.45, 7) is 2.28. The molecular formula is C19H21NO2. The standard InChI is InChI=1S/C19H21NO2/c1-2-22-19(21)20-17-11-9-15-13-7-5-3-4-6-8-14(13)16(15)10-12-18(17)20/h3-18H,2H2,1H3/b4-3-,7-5-,8-6-,11-9-,12-10-/t13-,14+,15-,16+,17-,18+,20?. The van der Waals surface area contributed by atoms with Crippen molar-refractivity contribution in [3.05, 3.63) is 60.8 Å². The van der Waals surface area contributed by atoms with E-state index in [4.69, 9.17) is 4.74 Å². The predicted octanol–water partition coefficient (Wildman–Crippen LogP) is 3.48. The summed E-state index contributed by atoms with van der Waals surface area (Å²) in [4.78, 5) is 13.7. The van der Waals surface area contributed by atoms with Crippen molar-refractivity contribution in [1.29, 1.82) is 0 Å². The summed E-state index contributed by atoms with van der Waals surface area (Å²) in [5, 5.41) is 0. The third-order valence-corrected chi connectivity index (χ3v) is 5.22. The van der Waals surface area contributed by atoms with Crippen LogP contribution in [0.2, 0.25) is 0 Å². The molecule has 1 amide bonds. The van der Waals surface area contributed by atoms with Crippen LogP contribution in [-0.2, 0) is 4.74 Å². The Bertz CT molecular complexity index is 569. The number of nitrogens with zero attached hydrogens (tertiary/aromatic N) is 1. The van der Waals surface area contributed by atoms with Gasteiger partial charge in [-0.1, -0.05) is 60.8 Å². The lowest BCUT2D eigenvalue weighted by Crippen LogP contribution is -2.43. The van der Waals surface area contributed by atoms with Crippen LogP contribution < -0.4 is 0 Å². The average Bonchev–Trinajstić information content (AvgIpc) is 3.14. The Balaban J connectivity index is 1.54. The summed E-state index contributed by atoms with van der Waals surface area (Å²) in [7, 11) is 0. The van der Waals surface area contributed by atoms with Gasteiger partial charge in [0.2, 0.25) is 0 Å². The molecule has 4 aliphatic rings. The highest BCUT2D eigenvalue weighted by molar-refractivity contribution is 5.73. The van der Waals surface area contributed by atoms with E-state index in [1.54, 1.807) is 0 Å². The van der Waals surface area contributed by atoms with E-state index in [0.717, 1.165) is 0 Å². The van der Waals surface area contributed by atoms with Gasteiger partial charge in [0.1, 0.15) is 0 Å². The first kappa shape index (κ1) is 13.6. The van der Waals surface area contributed by atoms with Crippen LogP contribution in [0.15, 0.2) is 60.8 Å². The molecule has 0 bridgehead atoms. The van der Waals surface area contributed by atoms with Gasteiger partial charge in [-0.15, -0.1) is 0 Å². The van der Waals surface area contributed by atoms with Gasteiger partial charge >= 0.3 is 6.09 Å². The molecule has 0 N–H and O–H groups in total. The van der Waals surface area contributed by atoms with E-state index in [0.29, 0.717) is 30.3 Å². The molecule has 3 nitrogen and oxygen atoms in total. The van der Waals surface area contributed by atoms with E-state index in [1.807, 2.05) is 11.8 Å². The van der Waals surface area contributed by atoms with Gasteiger partial charge in [-0.05, 0) is 30.6 Å². The summed E-state index contributed by atoms with van der Waals surface area (Å²) < 4.78 is 5.12. The minimum Gasteiger partial charge on any atom is -0.450 e. The molecule has 0 aromatic heterocycles. The highest BCUT2D eigenvalue weighted by atomic mass is 16.6. The van der Waals surface area contributed by atoms with Gasteiger partial charge in [-0.25, -0.2) is 4.79 Å². The van der Waals surface area contributed by atoms with Gasteiger partial charge in [-0.3, -0.25) is 4.90 Å². The Morgan fingerprint density at radius 3 is 1.82 bits per heavy atom. The van der Waals surface area contributed by atoms with Crippen LogP contribution in [-0.4, -0.2) is 29.7 Å². The van der Waals surface area contributed by atoms with Crippen molar-refractivity contribution in [2.75, 3.05) is 6.61 Å². The topological polar surface area (TPSA) is 29.3 Å². The fourth-order valence-corrected chi connectivity index (χ4v) is 4.03. The van der Waals surface area contributed by atoms with Crippen molar-refractivity contribution in [3.8, 4) is 0 Å². The number of carbonyl (C=O) groups excluding carboxylic acids is 1. The first-order chi connectivity index (χ1) is 10.8. The van der Waals surface area contributed by atoms with Crippen molar-refractivity contribution in [1.82, 2.24) is 4.90 Å². The zero-order valence-electron chi connectivity index (χ0n) is 12.7. The van der Waals surface area contributed by atoms with Crippen LogP contribution in [0.25, 0.3) is 0 Å². The predicted molar refractivity (Wildman–Crippen MR) is 86.1 cm³/mol. The highest BCUT2D eigenvalue weighted by Gasteiger charge is 2.52. The first-order valence-corrected chi connectivity index (χ1v) is 8.14. The van der Waals surface area contributed by atoms with Crippen LogP contribution >= 0.6 is 0 Å². The summed E-state index contributed by atoms with van der Waals surface area (Å²) in [5.74, 6) is 2.22. The third kappa shape index (κ3) is 2.07. The number of hydrogen-bond acceptors (Lipinski definition) is 2. The Labute approximate surface area is 131 Å². The maximum absolute atomic E-state index is 11.9. The highest BCUT2D eigenvalue weighted by Crippen LogP contribution is 2.51. The Hall–Kier alpha value is -2.03. The molecular weight excluding hydrogens is 274 g/mol. The molecule has 1 saturated carbocycles. The Kier molecular flexibility index (Phi) is 3.29. The van der Waals surface area contributed by atoms with Crippen molar-refractivity contribution in [2.24, 2.45) is 23.7 Å². The van der Waals surface area contributed by atoms with E-state index in [9.17, 15) is 4.79 Å². The van der Waals surface area contributed by atoms with Crippen molar-refractivity contribution >= 4 is 6.09 Å². The smallest absolute Gasteiger partial charge is 0.410 e. The van der Waals surface area contributed by atoms with E-state index in [1.165, 1.54) is 0 Å². The number of rotatable bonds is 1. The molecule has 0 unspecified atom stereocenters. The summed E-state index contributed by atoms with van der Waals surface area (Å²) in [5.41, 5.74) is 0. The van der Waals surface area contributed by atoms with Crippen molar-refractivity contribution in [2.45, 2.75) is 19.0 Å². The first-order valence-electron chi connectivity index (χ1n) is 8.14. The third-order valence-electron chi connectivity index (χ3n) is 5.22. The SMILES string of the molecule is CCOC(=O)N1[C@@H]2/C=C\[C@@H]3[C@@H]4\C=C/C=C\C=C/[C@@H]4[C@@H]3/C=C\[C@@H]21. The second-order valence-electron chi connectivity index (χ2n) is 6.32. The van der Waals surface area contributed by atoms with E-state index in [2.05, 4.69) is 60.8 Å². The molecule has 2 fully saturated rings. The largest absolute Gasteiger partial charge is 0.450 e. The molecule has 114 valence electrons. The fourth-order valence-electron chi connectivity index (χ4n) is 4.03. The Morgan fingerprint density at radius 2 is 1.32 bits per heavy atom. The lowest BCUT2D eigenvalue weighted by Gasteiger charge is -2.48. The lowest BCUT2D eigenvalue weighted by molar-refractivity contribution is 0.124. The number of amides is 1. The van der Waals surface area contributed by atoms with Gasteiger partial charge < -0.3 is 4.74 Å². The second kappa shape index (κ2) is 5.31. The van der Waals surface area contributed by atoms with Crippen LogP contribution in [0.5, 0.6) is 0 Å². The van der Waals surface area contributed by atoms with Gasteiger partial charge in [0.05, 0.1) is 18.7 Å². The Morgan fingerprint density at radius 1 is 0.818 bits per heavy atom. The van der Waals surface area contributed by atoms with E-state index >= 15 is 0 Å². The van der Waals surface area contributed by atoms with Gasteiger partial charge in [-0.2, -0.15) is 0 Å². The molecule has 0 aromatic rings. The molecule has 0 spiro atoms. The minimum atomic E-state index is -0.198. The van der Waals surface area contributed by atoms with Crippen molar-refractivity contribution < 1.29 is 9.53 Å². The van der Waals surface area contributed by atoms with E-state index in [-0.39, 0.29) is 18.2 Å². The summed E-state index contributed by atoms with van der Waals surface area (Å²) >= 11 is 0.